The summed E-state index contributed by atoms with van der Waals surface area (Å²) in [6.45, 7) is 2.65. The summed E-state index contributed by atoms with van der Waals surface area (Å²) in [6, 6.07) is 0. The van der Waals surface area contributed by atoms with Crippen LogP contribution in [-0.4, -0.2) is 11.7 Å². The third-order valence-electron chi connectivity index (χ3n) is 3.23. The Bertz CT molecular complexity index is 106. The van der Waals surface area contributed by atoms with Crippen LogP contribution in [0.4, 0.5) is 0 Å². The van der Waals surface area contributed by atoms with Crippen LogP contribution in [0.2, 0.25) is 0 Å². The van der Waals surface area contributed by atoms with Crippen molar-refractivity contribution in [1.82, 2.24) is 0 Å². The Labute approximate surface area is 76.2 Å². The van der Waals surface area contributed by atoms with E-state index in [4.69, 9.17) is 0 Å². The lowest BCUT2D eigenvalue weighted by molar-refractivity contribution is 0.165. The third kappa shape index (κ3) is 2.78. The number of aliphatic hydroxyl groups is 1. The summed E-state index contributed by atoms with van der Waals surface area (Å²) in [4.78, 5) is 0. The zero-order chi connectivity index (χ0) is 8.81. The van der Waals surface area contributed by atoms with Crippen molar-refractivity contribution in [1.29, 1.82) is 0 Å². The monoisotopic (exact) mass is 170 g/mol. The summed E-state index contributed by atoms with van der Waals surface area (Å²) in [5.74, 6) is 1.47. The molecule has 1 saturated carbocycles. The fourth-order valence-corrected chi connectivity index (χ4v) is 2.37. The second-order valence-corrected chi connectivity index (χ2v) is 4.13. The van der Waals surface area contributed by atoms with Gasteiger partial charge in [-0.05, 0) is 18.3 Å². The number of rotatable bonds is 5. The Morgan fingerprint density at radius 2 is 2.00 bits per heavy atom. The molecule has 1 heteroatoms. The van der Waals surface area contributed by atoms with E-state index in [0.29, 0.717) is 12.5 Å². The highest BCUT2D eigenvalue weighted by atomic mass is 16.3. The highest BCUT2D eigenvalue weighted by Gasteiger charge is 2.23. The fourth-order valence-electron chi connectivity index (χ4n) is 2.37. The zero-order valence-electron chi connectivity index (χ0n) is 8.26. The number of aliphatic hydroxyl groups excluding tert-OH is 1. The molecule has 0 aromatic carbocycles. The van der Waals surface area contributed by atoms with Gasteiger partial charge in [0.25, 0.3) is 0 Å². The minimum absolute atomic E-state index is 0.421. The van der Waals surface area contributed by atoms with Gasteiger partial charge in [-0.25, -0.2) is 0 Å². The van der Waals surface area contributed by atoms with E-state index in [9.17, 15) is 5.11 Å². The van der Waals surface area contributed by atoms with Crippen molar-refractivity contribution in [2.75, 3.05) is 6.61 Å². The quantitative estimate of drug-likeness (QED) is 0.672. The van der Waals surface area contributed by atoms with Crippen molar-refractivity contribution < 1.29 is 5.11 Å². The first-order valence-electron chi connectivity index (χ1n) is 5.49. The summed E-state index contributed by atoms with van der Waals surface area (Å²) in [7, 11) is 0. The summed E-state index contributed by atoms with van der Waals surface area (Å²) >= 11 is 0. The maximum absolute atomic E-state index is 9.21. The largest absolute Gasteiger partial charge is 0.396 e. The average molecular weight is 170 g/mol. The van der Waals surface area contributed by atoms with Crippen LogP contribution in [0.25, 0.3) is 0 Å². The van der Waals surface area contributed by atoms with E-state index in [2.05, 4.69) is 6.92 Å². The molecule has 0 aromatic heterocycles. The number of hydrogen-bond acceptors (Lipinski definition) is 1. The third-order valence-corrected chi connectivity index (χ3v) is 3.23. The number of unbranched alkanes of at least 4 members (excludes halogenated alkanes) is 1. The summed E-state index contributed by atoms with van der Waals surface area (Å²) in [5, 5.41) is 9.21. The van der Waals surface area contributed by atoms with Crippen LogP contribution in [0.15, 0.2) is 0 Å². The first-order valence-corrected chi connectivity index (χ1v) is 5.49. The van der Waals surface area contributed by atoms with E-state index in [1.807, 2.05) is 0 Å². The molecule has 1 N–H and O–H groups in total. The van der Waals surface area contributed by atoms with Crippen LogP contribution in [0, 0.1) is 11.8 Å². The van der Waals surface area contributed by atoms with Gasteiger partial charge in [0, 0.05) is 6.61 Å². The van der Waals surface area contributed by atoms with Gasteiger partial charge in [-0.1, -0.05) is 45.4 Å². The molecule has 1 nitrogen and oxygen atoms in total. The molecule has 0 heterocycles. The van der Waals surface area contributed by atoms with E-state index in [1.165, 1.54) is 44.9 Å². The minimum atomic E-state index is 0.421. The molecule has 0 spiro atoms. The van der Waals surface area contributed by atoms with Crippen LogP contribution in [0.5, 0.6) is 0 Å². The Balaban J connectivity index is 2.22. The molecule has 1 aliphatic rings. The fraction of sp³-hybridized carbons (Fsp3) is 1.00. The second kappa shape index (κ2) is 5.58. The molecule has 0 radical (unpaired) electrons. The smallest absolute Gasteiger partial charge is 0.0461 e. The summed E-state index contributed by atoms with van der Waals surface area (Å²) < 4.78 is 0. The molecule has 0 aliphatic heterocycles. The normalized spacial score (nSPS) is 21.5. The summed E-state index contributed by atoms with van der Waals surface area (Å²) in [6.07, 6.45) is 9.34. The van der Waals surface area contributed by atoms with E-state index >= 15 is 0 Å². The Kier molecular flexibility index (Phi) is 4.67. The molecular weight excluding hydrogens is 148 g/mol. The highest BCUT2D eigenvalue weighted by molar-refractivity contribution is 4.74. The highest BCUT2D eigenvalue weighted by Crippen LogP contribution is 2.33. The van der Waals surface area contributed by atoms with Gasteiger partial charge in [-0.3, -0.25) is 0 Å². The number of hydrogen-bond donors (Lipinski definition) is 1. The molecule has 0 amide bonds. The van der Waals surface area contributed by atoms with Crippen LogP contribution in [0.3, 0.4) is 0 Å². The predicted octanol–water partition coefficient (Wildman–Crippen LogP) is 2.98. The molecular formula is C11H22O. The average Bonchev–Trinajstić information content (AvgIpc) is 2.59. The first kappa shape index (κ1) is 10.0. The molecule has 0 saturated heterocycles. The summed E-state index contributed by atoms with van der Waals surface area (Å²) in [5.41, 5.74) is 0. The maximum atomic E-state index is 9.21. The SMILES string of the molecule is CCCCC(CO)C1CCCC1. The topological polar surface area (TPSA) is 20.2 Å². The van der Waals surface area contributed by atoms with Crippen LogP contribution >= 0.6 is 0 Å². The Morgan fingerprint density at radius 3 is 2.50 bits per heavy atom. The molecule has 1 unspecified atom stereocenters. The first-order chi connectivity index (χ1) is 5.88. The van der Waals surface area contributed by atoms with Gasteiger partial charge in [-0.2, -0.15) is 0 Å². The van der Waals surface area contributed by atoms with E-state index < -0.39 is 0 Å². The van der Waals surface area contributed by atoms with Gasteiger partial charge in [0.05, 0.1) is 0 Å². The van der Waals surface area contributed by atoms with E-state index in [1.54, 1.807) is 0 Å². The lowest BCUT2D eigenvalue weighted by Crippen LogP contribution is -2.15. The van der Waals surface area contributed by atoms with Gasteiger partial charge in [-0.15, -0.1) is 0 Å². The Morgan fingerprint density at radius 1 is 1.33 bits per heavy atom. The van der Waals surface area contributed by atoms with Crippen LogP contribution in [0.1, 0.15) is 51.9 Å². The predicted molar refractivity (Wildman–Crippen MR) is 52.1 cm³/mol. The van der Waals surface area contributed by atoms with Crippen molar-refractivity contribution in [3.63, 3.8) is 0 Å². The maximum Gasteiger partial charge on any atom is 0.0461 e. The molecule has 1 atom stereocenters. The van der Waals surface area contributed by atoms with Crippen LogP contribution in [-0.2, 0) is 0 Å². The standard InChI is InChI=1S/C11H22O/c1-2-3-6-11(9-12)10-7-4-5-8-10/h10-12H,2-9H2,1H3. The van der Waals surface area contributed by atoms with Crippen molar-refractivity contribution in [2.24, 2.45) is 11.8 Å². The van der Waals surface area contributed by atoms with E-state index in [0.717, 1.165) is 5.92 Å². The second-order valence-electron chi connectivity index (χ2n) is 4.13. The van der Waals surface area contributed by atoms with Gasteiger partial charge in [0.15, 0.2) is 0 Å². The van der Waals surface area contributed by atoms with Gasteiger partial charge in [0.1, 0.15) is 0 Å². The van der Waals surface area contributed by atoms with Gasteiger partial charge < -0.3 is 5.11 Å². The molecule has 1 fully saturated rings. The van der Waals surface area contributed by atoms with Crippen molar-refractivity contribution in [3.8, 4) is 0 Å². The van der Waals surface area contributed by atoms with Crippen molar-refractivity contribution >= 4 is 0 Å². The van der Waals surface area contributed by atoms with Gasteiger partial charge >= 0.3 is 0 Å². The van der Waals surface area contributed by atoms with Crippen molar-refractivity contribution in [3.05, 3.63) is 0 Å². The minimum Gasteiger partial charge on any atom is -0.396 e. The Hall–Kier alpha value is -0.0400. The van der Waals surface area contributed by atoms with Crippen LogP contribution < -0.4 is 0 Å². The zero-order valence-corrected chi connectivity index (χ0v) is 8.26. The van der Waals surface area contributed by atoms with Crippen molar-refractivity contribution in [2.45, 2.75) is 51.9 Å². The van der Waals surface area contributed by atoms with Gasteiger partial charge in [0.2, 0.25) is 0 Å². The molecule has 0 bridgehead atoms. The van der Waals surface area contributed by atoms with E-state index in [-0.39, 0.29) is 0 Å². The molecule has 12 heavy (non-hydrogen) atoms. The lowest BCUT2D eigenvalue weighted by Gasteiger charge is -2.20. The molecule has 1 rings (SSSR count). The molecule has 72 valence electrons. The molecule has 0 aromatic rings. The molecule has 1 aliphatic carbocycles. The lowest BCUT2D eigenvalue weighted by atomic mass is 9.87.